The summed E-state index contributed by atoms with van der Waals surface area (Å²) < 4.78 is 29.4. The molecule has 4 unspecified atom stereocenters. The Hall–Kier alpha value is -4.34. The standard InChI is InChI=1S/C40H52N2O7/c1-41(23-20-32-26-37(46-4)38(47-5)27-35(32)36(41)25-30-14-16-34(45-3)17-15-30)22-10-24-48-39(43)18-19-40(44)49-29-33-13-9-21-42(33,2)28-31-11-7-6-8-12-31/h6-8,11-12,14-19,26-27,33,36H,9-10,13,20-25,28-29H2,1-5H3/q+2. The lowest BCUT2D eigenvalue weighted by Gasteiger charge is -2.46. The zero-order valence-electron chi connectivity index (χ0n) is 29.7. The molecule has 3 aromatic rings. The van der Waals surface area contributed by atoms with Gasteiger partial charge in [-0.25, -0.2) is 9.59 Å². The number of nitrogens with zero attached hydrogens (tertiary/aromatic N) is 2. The van der Waals surface area contributed by atoms with Gasteiger partial charge in [-0.1, -0.05) is 42.5 Å². The van der Waals surface area contributed by atoms with E-state index in [0.717, 1.165) is 78.1 Å². The van der Waals surface area contributed by atoms with Crippen LogP contribution in [-0.4, -0.2) is 95.2 Å². The summed E-state index contributed by atoms with van der Waals surface area (Å²) in [6, 6.07) is 23.3. The number of quaternary nitrogens is 2. The Kier molecular flexibility index (Phi) is 12.0. The molecule has 2 aliphatic rings. The monoisotopic (exact) mass is 672 g/mol. The summed E-state index contributed by atoms with van der Waals surface area (Å²) in [7, 11) is 9.51. The van der Waals surface area contributed by atoms with E-state index in [1.807, 2.05) is 18.2 Å². The lowest BCUT2D eigenvalue weighted by Crippen LogP contribution is -2.52. The molecule has 0 saturated carbocycles. The van der Waals surface area contributed by atoms with Gasteiger partial charge in [-0.3, -0.25) is 0 Å². The van der Waals surface area contributed by atoms with E-state index in [4.69, 9.17) is 23.7 Å². The average Bonchev–Trinajstić information content (AvgIpc) is 3.48. The van der Waals surface area contributed by atoms with Gasteiger partial charge in [-0.15, -0.1) is 0 Å². The first-order chi connectivity index (χ1) is 23.7. The van der Waals surface area contributed by atoms with Crippen molar-refractivity contribution in [2.24, 2.45) is 0 Å². The summed E-state index contributed by atoms with van der Waals surface area (Å²) in [5, 5.41) is 0. The van der Waals surface area contributed by atoms with Gasteiger partial charge in [0.15, 0.2) is 11.5 Å². The predicted molar refractivity (Wildman–Crippen MR) is 189 cm³/mol. The van der Waals surface area contributed by atoms with E-state index >= 15 is 0 Å². The molecule has 4 atom stereocenters. The van der Waals surface area contributed by atoms with E-state index in [2.05, 4.69) is 62.6 Å². The van der Waals surface area contributed by atoms with Gasteiger partial charge in [-0.05, 0) is 35.4 Å². The first kappa shape index (κ1) is 36.0. The van der Waals surface area contributed by atoms with Crippen molar-refractivity contribution < 1.29 is 42.2 Å². The summed E-state index contributed by atoms with van der Waals surface area (Å²) in [5.41, 5.74) is 5.01. The fraction of sp³-hybridized carbons (Fsp3) is 0.450. The molecule has 262 valence electrons. The number of ether oxygens (including phenoxy) is 5. The molecule has 5 rings (SSSR count). The quantitative estimate of drug-likeness (QED) is 0.0869. The van der Waals surface area contributed by atoms with E-state index in [1.165, 1.54) is 34.4 Å². The summed E-state index contributed by atoms with van der Waals surface area (Å²) >= 11 is 0. The number of likely N-dealkylation sites (N-methyl/N-ethyl adjacent to an activating group) is 2. The third-order valence-electron chi connectivity index (χ3n) is 10.5. The molecule has 0 aliphatic carbocycles. The fourth-order valence-electron chi connectivity index (χ4n) is 7.58. The number of fused-ring (bicyclic) bond motifs is 1. The maximum atomic E-state index is 12.5. The maximum absolute atomic E-state index is 12.5. The SMILES string of the molecule is COc1ccc(CC2c3cc(OC)c(OC)cc3CC[N+]2(C)CCCOC(=O)C=CC(=O)OCC2CCC[N+]2(C)Cc2ccccc2)cc1. The van der Waals surface area contributed by atoms with Crippen LogP contribution >= 0.6 is 0 Å². The van der Waals surface area contributed by atoms with Gasteiger partial charge < -0.3 is 32.7 Å². The van der Waals surface area contributed by atoms with Crippen LogP contribution in [-0.2, 0) is 38.4 Å². The molecule has 0 N–H and O–H groups in total. The fourth-order valence-corrected chi connectivity index (χ4v) is 7.58. The Morgan fingerprint density at radius 2 is 1.49 bits per heavy atom. The zero-order valence-corrected chi connectivity index (χ0v) is 29.7. The van der Waals surface area contributed by atoms with Gasteiger partial charge >= 0.3 is 11.9 Å². The molecule has 9 heteroatoms. The second-order valence-electron chi connectivity index (χ2n) is 13.8. The zero-order chi connectivity index (χ0) is 34.9. The van der Waals surface area contributed by atoms with E-state index in [-0.39, 0.29) is 18.7 Å². The van der Waals surface area contributed by atoms with Crippen molar-refractivity contribution in [3.63, 3.8) is 0 Å². The van der Waals surface area contributed by atoms with Crippen molar-refractivity contribution in [2.45, 2.75) is 50.7 Å². The van der Waals surface area contributed by atoms with Crippen LogP contribution in [0.5, 0.6) is 17.2 Å². The number of hydrogen-bond donors (Lipinski definition) is 0. The summed E-state index contributed by atoms with van der Waals surface area (Å²) in [6.07, 6.45) is 6.88. The number of rotatable bonds is 15. The number of methoxy groups -OCH3 is 3. The molecule has 0 spiro atoms. The minimum Gasteiger partial charge on any atom is -0.497 e. The Morgan fingerprint density at radius 3 is 2.18 bits per heavy atom. The van der Waals surface area contributed by atoms with Gasteiger partial charge in [-0.2, -0.15) is 0 Å². The Morgan fingerprint density at radius 1 is 0.796 bits per heavy atom. The Balaban J connectivity index is 1.14. The van der Waals surface area contributed by atoms with Crippen molar-refractivity contribution in [3.05, 3.63) is 101 Å². The highest BCUT2D eigenvalue weighted by Crippen LogP contribution is 2.42. The van der Waals surface area contributed by atoms with Crippen molar-refractivity contribution in [3.8, 4) is 17.2 Å². The van der Waals surface area contributed by atoms with Crippen LogP contribution in [0.4, 0.5) is 0 Å². The van der Waals surface area contributed by atoms with E-state index in [9.17, 15) is 9.59 Å². The van der Waals surface area contributed by atoms with Gasteiger partial charge in [0, 0.05) is 55.4 Å². The summed E-state index contributed by atoms with van der Waals surface area (Å²) in [4.78, 5) is 25.0. The van der Waals surface area contributed by atoms with Crippen molar-refractivity contribution in [1.29, 1.82) is 0 Å². The second kappa shape index (κ2) is 16.4. The minimum absolute atomic E-state index is 0.162. The topological polar surface area (TPSA) is 80.3 Å². The van der Waals surface area contributed by atoms with Crippen molar-refractivity contribution in [1.82, 2.24) is 0 Å². The highest BCUT2D eigenvalue weighted by Gasteiger charge is 2.40. The molecule has 3 aromatic carbocycles. The molecule has 1 fully saturated rings. The van der Waals surface area contributed by atoms with Crippen molar-refractivity contribution in [2.75, 3.05) is 68.3 Å². The van der Waals surface area contributed by atoms with E-state index in [1.54, 1.807) is 21.3 Å². The largest absolute Gasteiger partial charge is 0.497 e. The van der Waals surface area contributed by atoms with Gasteiger partial charge in [0.25, 0.3) is 0 Å². The first-order valence-corrected chi connectivity index (χ1v) is 17.3. The summed E-state index contributed by atoms with van der Waals surface area (Å²) in [6.45, 7) is 4.30. The highest BCUT2D eigenvalue weighted by atomic mass is 16.5. The third-order valence-corrected chi connectivity index (χ3v) is 10.5. The molecular formula is C40H52N2O7+2. The van der Waals surface area contributed by atoms with E-state index < -0.39 is 11.9 Å². The summed E-state index contributed by atoms with van der Waals surface area (Å²) in [5.74, 6) is 1.23. The number of hydrogen-bond acceptors (Lipinski definition) is 7. The average molecular weight is 673 g/mol. The molecule has 0 bridgehead atoms. The lowest BCUT2D eigenvalue weighted by molar-refractivity contribution is -0.941. The van der Waals surface area contributed by atoms with Crippen LogP contribution in [0.2, 0.25) is 0 Å². The second-order valence-corrected chi connectivity index (χ2v) is 13.8. The Labute approximate surface area is 291 Å². The molecule has 9 nitrogen and oxygen atoms in total. The van der Waals surface area contributed by atoms with Crippen LogP contribution in [0.1, 0.15) is 47.6 Å². The molecule has 1 saturated heterocycles. The molecule has 0 amide bonds. The van der Waals surface area contributed by atoms with Crippen molar-refractivity contribution >= 4 is 11.9 Å². The number of benzene rings is 3. The third kappa shape index (κ3) is 9.02. The lowest BCUT2D eigenvalue weighted by atomic mass is 9.86. The minimum atomic E-state index is -0.541. The van der Waals surface area contributed by atoms with Gasteiger partial charge in [0.1, 0.15) is 31.0 Å². The number of carbonyl (C=O) groups is 2. The molecule has 2 heterocycles. The first-order valence-electron chi connectivity index (χ1n) is 17.3. The van der Waals surface area contributed by atoms with Crippen LogP contribution in [0, 0.1) is 0 Å². The molecule has 0 radical (unpaired) electrons. The number of esters is 2. The smallest absolute Gasteiger partial charge is 0.331 e. The normalized spacial score (nSPS) is 23.1. The molecule has 0 aromatic heterocycles. The number of carbonyl (C=O) groups excluding carboxylic acids is 2. The predicted octanol–water partition coefficient (Wildman–Crippen LogP) is 5.84. The molecule has 2 aliphatic heterocycles. The number of likely N-dealkylation sites (tertiary alicyclic amines) is 1. The van der Waals surface area contributed by atoms with Gasteiger partial charge in [0.2, 0.25) is 0 Å². The van der Waals surface area contributed by atoms with Crippen LogP contribution in [0.15, 0.2) is 78.9 Å². The maximum Gasteiger partial charge on any atom is 0.331 e. The highest BCUT2D eigenvalue weighted by molar-refractivity contribution is 5.91. The van der Waals surface area contributed by atoms with E-state index in [0.29, 0.717) is 13.0 Å². The van der Waals surface area contributed by atoms with Crippen LogP contribution in [0.25, 0.3) is 0 Å². The molecular weight excluding hydrogens is 620 g/mol. The molecule has 49 heavy (non-hydrogen) atoms. The Bertz CT molecular complexity index is 1590. The van der Waals surface area contributed by atoms with Crippen LogP contribution < -0.4 is 14.2 Å². The van der Waals surface area contributed by atoms with Crippen LogP contribution in [0.3, 0.4) is 0 Å². The van der Waals surface area contributed by atoms with Gasteiger partial charge in [0.05, 0.1) is 61.7 Å².